The maximum Gasteiger partial charge on any atom is 0.230 e. The maximum absolute atomic E-state index is 13.6. The lowest BCUT2D eigenvalue weighted by Gasteiger charge is -2.36. The molecule has 10 nitrogen and oxygen atoms in total. The molecule has 0 bridgehead atoms. The first-order chi connectivity index (χ1) is 18.1. The molecular formula is C28H24O10. The van der Waals surface area contributed by atoms with Gasteiger partial charge in [-0.2, -0.15) is 0 Å². The van der Waals surface area contributed by atoms with Gasteiger partial charge in [-0.3, -0.25) is 14.4 Å². The highest BCUT2D eigenvalue weighted by Gasteiger charge is 2.47. The maximum atomic E-state index is 13.6. The molecule has 38 heavy (non-hydrogen) atoms. The summed E-state index contributed by atoms with van der Waals surface area (Å²) in [5.74, 6) is -2.57. The first-order valence-electron chi connectivity index (χ1n) is 11.7. The van der Waals surface area contributed by atoms with E-state index in [4.69, 9.17) is 14.2 Å². The zero-order chi connectivity index (χ0) is 27.4. The molecule has 0 aromatic heterocycles. The van der Waals surface area contributed by atoms with E-state index in [0.29, 0.717) is 11.5 Å². The van der Waals surface area contributed by atoms with Crippen LogP contribution in [-0.4, -0.2) is 57.3 Å². The van der Waals surface area contributed by atoms with Crippen molar-refractivity contribution in [1.29, 1.82) is 0 Å². The van der Waals surface area contributed by atoms with Crippen molar-refractivity contribution in [2.75, 3.05) is 13.9 Å². The van der Waals surface area contributed by atoms with Gasteiger partial charge >= 0.3 is 0 Å². The molecule has 0 saturated carbocycles. The molecule has 0 saturated heterocycles. The molecule has 2 unspecified atom stereocenters. The number of hydrogen-bond acceptors (Lipinski definition) is 10. The van der Waals surface area contributed by atoms with Crippen molar-refractivity contribution in [2.24, 2.45) is 0 Å². The molecule has 0 amide bonds. The van der Waals surface area contributed by atoms with Crippen LogP contribution in [0.5, 0.6) is 28.7 Å². The van der Waals surface area contributed by atoms with Crippen LogP contribution in [0.1, 0.15) is 62.4 Å². The van der Waals surface area contributed by atoms with Crippen LogP contribution in [0.15, 0.2) is 42.5 Å². The summed E-state index contributed by atoms with van der Waals surface area (Å²) in [6, 6.07) is 11.1. The molecule has 0 heterocycles. The van der Waals surface area contributed by atoms with E-state index in [0.717, 1.165) is 6.92 Å². The predicted molar refractivity (Wildman–Crippen MR) is 131 cm³/mol. The average molecular weight is 520 g/mol. The number of benzene rings is 3. The SMILES string of the molecule is COc1cccc(OCOc2cccc3c2C(=O)c2c(O)c4c(c(O)c2C3=O)CC(O)(C(C)=O)CC4O)c1. The lowest BCUT2D eigenvalue weighted by Crippen LogP contribution is -2.44. The minimum Gasteiger partial charge on any atom is -0.507 e. The number of aliphatic hydroxyl groups excluding tert-OH is 1. The Balaban J connectivity index is 1.54. The summed E-state index contributed by atoms with van der Waals surface area (Å²) in [6.45, 7) is 0.819. The van der Waals surface area contributed by atoms with E-state index in [1.807, 2.05) is 0 Å². The van der Waals surface area contributed by atoms with Crippen LogP contribution in [0.25, 0.3) is 0 Å². The van der Waals surface area contributed by atoms with E-state index in [-0.39, 0.29) is 34.8 Å². The molecule has 4 N–H and O–H groups in total. The van der Waals surface area contributed by atoms with Gasteiger partial charge in [-0.1, -0.05) is 18.2 Å². The highest BCUT2D eigenvalue weighted by Crippen LogP contribution is 2.51. The topological polar surface area (TPSA) is 160 Å². The Morgan fingerprint density at radius 2 is 1.66 bits per heavy atom. The number of carbonyl (C=O) groups is 3. The summed E-state index contributed by atoms with van der Waals surface area (Å²) >= 11 is 0. The second-order valence-electron chi connectivity index (χ2n) is 9.25. The Hall–Kier alpha value is -4.41. The average Bonchev–Trinajstić information content (AvgIpc) is 2.89. The van der Waals surface area contributed by atoms with Crippen molar-refractivity contribution in [1.82, 2.24) is 0 Å². The molecule has 2 atom stereocenters. The number of aliphatic hydroxyl groups is 2. The molecule has 0 radical (unpaired) electrons. The van der Waals surface area contributed by atoms with E-state index >= 15 is 0 Å². The fraction of sp³-hybridized carbons (Fsp3) is 0.250. The molecule has 2 aliphatic carbocycles. The Morgan fingerprint density at radius 1 is 0.974 bits per heavy atom. The fourth-order valence-corrected chi connectivity index (χ4v) is 5.01. The van der Waals surface area contributed by atoms with Crippen molar-refractivity contribution in [2.45, 2.75) is 31.5 Å². The van der Waals surface area contributed by atoms with Gasteiger partial charge in [0.25, 0.3) is 0 Å². The Labute approximate surface area is 216 Å². The standard InChI is InChI=1S/C28H24O10/c1-13(29)28(35)10-17-20(18(30)11-28)26(33)23-22(25(17)32)24(31)16-7-4-8-19(21(16)27(23)34)38-12-37-15-6-3-5-14(9-15)36-2/h3-9,18,30,32-33,35H,10-12H2,1-2H3. The number of phenols is 2. The number of aromatic hydroxyl groups is 2. The van der Waals surface area contributed by atoms with E-state index in [9.17, 15) is 34.8 Å². The zero-order valence-corrected chi connectivity index (χ0v) is 20.5. The molecule has 5 rings (SSSR count). The summed E-state index contributed by atoms with van der Waals surface area (Å²) in [6.07, 6.45) is -2.47. The molecule has 0 fully saturated rings. The number of ether oxygens (including phenoxy) is 3. The molecule has 3 aromatic carbocycles. The Bertz CT molecular complexity index is 1510. The van der Waals surface area contributed by atoms with Crippen LogP contribution in [0.3, 0.4) is 0 Å². The lowest BCUT2D eigenvalue weighted by atomic mass is 9.72. The van der Waals surface area contributed by atoms with Crippen LogP contribution in [-0.2, 0) is 11.2 Å². The van der Waals surface area contributed by atoms with Crippen molar-refractivity contribution in [3.63, 3.8) is 0 Å². The number of fused-ring (bicyclic) bond motifs is 3. The molecule has 0 aliphatic heterocycles. The van der Waals surface area contributed by atoms with E-state index in [1.165, 1.54) is 25.3 Å². The van der Waals surface area contributed by atoms with Gasteiger partial charge in [-0.05, 0) is 25.1 Å². The van der Waals surface area contributed by atoms with Crippen LogP contribution >= 0.6 is 0 Å². The largest absolute Gasteiger partial charge is 0.507 e. The van der Waals surface area contributed by atoms with E-state index in [2.05, 4.69) is 0 Å². The van der Waals surface area contributed by atoms with Crippen LogP contribution in [0.4, 0.5) is 0 Å². The van der Waals surface area contributed by atoms with Crippen molar-refractivity contribution >= 4 is 17.3 Å². The molecule has 3 aromatic rings. The van der Waals surface area contributed by atoms with Crippen molar-refractivity contribution in [3.8, 4) is 28.7 Å². The van der Waals surface area contributed by atoms with Gasteiger partial charge in [0.2, 0.25) is 12.6 Å². The molecule has 10 heteroatoms. The molecule has 2 aliphatic rings. The summed E-state index contributed by atoms with van der Waals surface area (Å²) < 4.78 is 16.4. The summed E-state index contributed by atoms with van der Waals surface area (Å²) in [5, 5.41) is 43.5. The number of rotatable bonds is 6. The van der Waals surface area contributed by atoms with Crippen molar-refractivity contribution < 1.29 is 49.0 Å². The van der Waals surface area contributed by atoms with E-state index < -0.39 is 64.5 Å². The summed E-state index contributed by atoms with van der Waals surface area (Å²) in [7, 11) is 1.51. The van der Waals surface area contributed by atoms with Crippen molar-refractivity contribution in [3.05, 3.63) is 75.8 Å². The highest BCUT2D eigenvalue weighted by atomic mass is 16.7. The lowest BCUT2D eigenvalue weighted by molar-refractivity contribution is -0.139. The van der Waals surface area contributed by atoms with E-state index in [1.54, 1.807) is 24.3 Å². The quantitative estimate of drug-likeness (QED) is 0.220. The molecule has 0 spiro atoms. The zero-order valence-electron chi connectivity index (χ0n) is 20.5. The third-order valence-corrected chi connectivity index (χ3v) is 7.01. The number of ketones is 3. The van der Waals surface area contributed by atoms with Crippen LogP contribution in [0, 0.1) is 0 Å². The number of hydrogen-bond donors (Lipinski definition) is 4. The van der Waals surface area contributed by atoms with Crippen LogP contribution in [0.2, 0.25) is 0 Å². The molecular weight excluding hydrogens is 496 g/mol. The number of Topliss-reactive ketones (excluding diaryl/α,β-unsaturated/α-hetero) is 1. The molecule has 196 valence electrons. The van der Waals surface area contributed by atoms with Gasteiger partial charge in [-0.15, -0.1) is 0 Å². The summed E-state index contributed by atoms with van der Waals surface area (Å²) in [5.41, 5.74) is -3.56. The third-order valence-electron chi connectivity index (χ3n) is 7.01. The Kier molecular flexibility index (Phi) is 6.09. The number of carbonyl (C=O) groups excluding carboxylic acids is 3. The highest BCUT2D eigenvalue weighted by molar-refractivity contribution is 6.31. The normalized spacial score (nSPS) is 19.7. The Morgan fingerprint density at radius 3 is 2.37 bits per heavy atom. The number of phenolic OH excluding ortho intramolecular Hbond substituents is 2. The second-order valence-corrected chi connectivity index (χ2v) is 9.25. The fourth-order valence-electron chi connectivity index (χ4n) is 5.01. The minimum absolute atomic E-state index is 0.0116. The van der Waals surface area contributed by atoms with Gasteiger partial charge in [-0.25, -0.2) is 0 Å². The van der Waals surface area contributed by atoms with Gasteiger partial charge in [0, 0.05) is 35.6 Å². The predicted octanol–water partition coefficient (Wildman–Crippen LogP) is 2.60. The van der Waals surface area contributed by atoms with Gasteiger partial charge in [0.1, 0.15) is 34.3 Å². The van der Waals surface area contributed by atoms with Gasteiger partial charge in [0.05, 0.1) is 29.9 Å². The smallest absolute Gasteiger partial charge is 0.230 e. The monoisotopic (exact) mass is 520 g/mol. The van der Waals surface area contributed by atoms with Gasteiger partial charge in [0.15, 0.2) is 11.6 Å². The van der Waals surface area contributed by atoms with Crippen LogP contribution < -0.4 is 14.2 Å². The third kappa shape index (κ3) is 3.85. The second kappa shape index (κ2) is 9.16. The number of methoxy groups -OCH3 is 1. The minimum atomic E-state index is -2.01. The van der Waals surface area contributed by atoms with Gasteiger partial charge < -0.3 is 34.6 Å². The summed E-state index contributed by atoms with van der Waals surface area (Å²) in [4.78, 5) is 39.2. The first-order valence-corrected chi connectivity index (χ1v) is 11.7. The first kappa shape index (κ1) is 25.2.